The smallest absolute Gasteiger partial charge is 0.167 e. The normalized spacial score (nSPS) is 10.7. The maximum absolute atomic E-state index is 14.2. The molecule has 0 atom stereocenters. The van der Waals surface area contributed by atoms with E-state index in [1.165, 1.54) is 12.1 Å². The lowest BCUT2D eigenvalue weighted by atomic mass is 10.1. The summed E-state index contributed by atoms with van der Waals surface area (Å²) in [6.45, 7) is 0.381. The molecule has 0 aliphatic heterocycles. The summed E-state index contributed by atoms with van der Waals surface area (Å²) in [5.41, 5.74) is 7.61. The van der Waals surface area contributed by atoms with Crippen LogP contribution in [0.25, 0.3) is 10.9 Å². The molecule has 0 saturated carbocycles. The van der Waals surface area contributed by atoms with Crippen LogP contribution in [0.15, 0.2) is 72.9 Å². The van der Waals surface area contributed by atoms with Crippen LogP contribution >= 0.6 is 0 Å². The van der Waals surface area contributed by atoms with Crippen molar-refractivity contribution in [3.05, 3.63) is 84.3 Å². The number of hydrogen-bond acceptors (Lipinski definition) is 5. The molecular formula is C23H19FN2O3. The van der Waals surface area contributed by atoms with Gasteiger partial charge < -0.3 is 19.9 Å². The van der Waals surface area contributed by atoms with Crippen molar-refractivity contribution >= 4 is 16.6 Å². The molecule has 1 heterocycles. The van der Waals surface area contributed by atoms with Gasteiger partial charge in [0, 0.05) is 29.4 Å². The van der Waals surface area contributed by atoms with Crippen molar-refractivity contribution in [2.45, 2.75) is 6.61 Å². The van der Waals surface area contributed by atoms with E-state index in [0.717, 1.165) is 5.56 Å². The summed E-state index contributed by atoms with van der Waals surface area (Å²) in [6.07, 6.45) is 1.59. The van der Waals surface area contributed by atoms with E-state index in [-0.39, 0.29) is 5.75 Å². The summed E-state index contributed by atoms with van der Waals surface area (Å²) in [5, 5.41) is 0.674. The summed E-state index contributed by atoms with van der Waals surface area (Å²) < 4.78 is 31.4. The summed E-state index contributed by atoms with van der Waals surface area (Å²) in [7, 11) is 1.57. The van der Waals surface area contributed by atoms with E-state index in [4.69, 9.17) is 19.9 Å². The van der Waals surface area contributed by atoms with Crippen LogP contribution < -0.4 is 19.9 Å². The minimum absolute atomic E-state index is 0.0780. The third kappa shape index (κ3) is 4.06. The first-order chi connectivity index (χ1) is 14.1. The van der Waals surface area contributed by atoms with Crippen molar-refractivity contribution in [3.63, 3.8) is 0 Å². The van der Waals surface area contributed by atoms with Crippen LogP contribution in [0.5, 0.6) is 23.0 Å². The highest BCUT2D eigenvalue weighted by Crippen LogP contribution is 2.38. The maximum Gasteiger partial charge on any atom is 0.167 e. The Kier molecular flexibility index (Phi) is 5.16. The number of aromatic nitrogens is 1. The second-order valence-electron chi connectivity index (χ2n) is 6.40. The number of nitrogens with two attached hydrogens (primary N) is 1. The van der Waals surface area contributed by atoms with Crippen LogP contribution in [-0.4, -0.2) is 12.1 Å². The van der Waals surface area contributed by atoms with Gasteiger partial charge in [0.25, 0.3) is 0 Å². The molecule has 4 rings (SSSR count). The molecule has 0 spiro atoms. The van der Waals surface area contributed by atoms with E-state index in [0.29, 0.717) is 40.4 Å². The molecule has 4 aromatic rings. The SMILES string of the molecule is COc1cc2nccc(Oc3ccc(N)cc3F)c2cc1OCc1ccccc1. The Morgan fingerprint density at radius 3 is 2.48 bits per heavy atom. The molecule has 0 radical (unpaired) electrons. The number of benzene rings is 3. The average Bonchev–Trinajstić information content (AvgIpc) is 2.74. The monoisotopic (exact) mass is 390 g/mol. The van der Waals surface area contributed by atoms with Crippen LogP contribution in [0.4, 0.5) is 10.1 Å². The second kappa shape index (κ2) is 8.06. The molecule has 0 fully saturated rings. The van der Waals surface area contributed by atoms with Crippen LogP contribution in [0.1, 0.15) is 5.56 Å². The van der Waals surface area contributed by atoms with Gasteiger partial charge in [-0.05, 0) is 29.8 Å². The Hall–Kier alpha value is -3.80. The zero-order chi connectivity index (χ0) is 20.2. The zero-order valence-electron chi connectivity index (χ0n) is 15.8. The average molecular weight is 390 g/mol. The number of nitrogens with zero attached hydrogens (tertiary/aromatic N) is 1. The summed E-state index contributed by atoms with van der Waals surface area (Å²) in [5.74, 6) is 1.08. The number of methoxy groups -OCH3 is 1. The Balaban J connectivity index is 1.70. The Morgan fingerprint density at radius 1 is 0.897 bits per heavy atom. The lowest BCUT2D eigenvalue weighted by molar-refractivity contribution is 0.285. The summed E-state index contributed by atoms with van der Waals surface area (Å²) in [6, 6.07) is 19.3. The third-order valence-electron chi connectivity index (χ3n) is 4.40. The molecule has 0 aliphatic rings. The quantitative estimate of drug-likeness (QED) is 0.450. The van der Waals surface area contributed by atoms with Crippen LogP contribution in [0.2, 0.25) is 0 Å². The number of rotatable bonds is 6. The molecule has 0 aliphatic carbocycles. The molecule has 146 valence electrons. The largest absolute Gasteiger partial charge is 0.493 e. The summed E-state index contributed by atoms with van der Waals surface area (Å²) >= 11 is 0. The van der Waals surface area contributed by atoms with Crippen molar-refractivity contribution in [1.82, 2.24) is 4.98 Å². The Labute approximate surface area is 167 Å². The van der Waals surface area contributed by atoms with Crippen molar-refractivity contribution in [2.24, 2.45) is 0 Å². The molecule has 0 saturated heterocycles. The minimum Gasteiger partial charge on any atom is -0.493 e. The van der Waals surface area contributed by atoms with Gasteiger partial charge >= 0.3 is 0 Å². The number of hydrogen-bond donors (Lipinski definition) is 1. The molecule has 6 heteroatoms. The standard InChI is InChI=1S/C23H19FN2O3/c1-27-22-13-19-17(12-23(22)28-14-15-5-3-2-4-6-15)20(9-10-26-19)29-21-8-7-16(25)11-18(21)24/h2-13H,14,25H2,1H3. The lowest BCUT2D eigenvalue weighted by Gasteiger charge is -2.14. The fourth-order valence-corrected chi connectivity index (χ4v) is 2.94. The van der Waals surface area contributed by atoms with E-state index in [1.54, 1.807) is 37.6 Å². The third-order valence-corrected chi connectivity index (χ3v) is 4.40. The van der Waals surface area contributed by atoms with Crippen molar-refractivity contribution in [2.75, 3.05) is 12.8 Å². The topological polar surface area (TPSA) is 66.6 Å². The predicted molar refractivity (Wildman–Crippen MR) is 110 cm³/mol. The van der Waals surface area contributed by atoms with Gasteiger partial charge in [0.05, 0.1) is 12.6 Å². The van der Waals surface area contributed by atoms with Gasteiger partial charge in [-0.15, -0.1) is 0 Å². The predicted octanol–water partition coefficient (Wildman–Crippen LogP) is 5.34. The molecular weight excluding hydrogens is 371 g/mol. The van der Waals surface area contributed by atoms with E-state index in [9.17, 15) is 4.39 Å². The van der Waals surface area contributed by atoms with Gasteiger partial charge in [0.2, 0.25) is 0 Å². The van der Waals surface area contributed by atoms with Gasteiger partial charge in [-0.25, -0.2) is 4.39 Å². The number of ether oxygens (including phenoxy) is 3. The number of halogens is 1. The highest BCUT2D eigenvalue weighted by molar-refractivity contribution is 5.88. The van der Waals surface area contributed by atoms with Crippen LogP contribution in [0.3, 0.4) is 0 Å². The van der Waals surface area contributed by atoms with Crippen molar-refractivity contribution in [1.29, 1.82) is 0 Å². The van der Waals surface area contributed by atoms with Crippen molar-refractivity contribution < 1.29 is 18.6 Å². The first-order valence-corrected chi connectivity index (χ1v) is 9.00. The number of fused-ring (bicyclic) bond motifs is 1. The van der Waals surface area contributed by atoms with E-state index in [1.807, 2.05) is 30.3 Å². The van der Waals surface area contributed by atoms with Crippen LogP contribution in [-0.2, 0) is 6.61 Å². The molecule has 3 aromatic carbocycles. The first kappa shape index (κ1) is 18.6. The van der Waals surface area contributed by atoms with Gasteiger partial charge in [0.1, 0.15) is 12.4 Å². The van der Waals surface area contributed by atoms with Gasteiger partial charge in [-0.3, -0.25) is 4.98 Å². The molecule has 0 unspecified atom stereocenters. The zero-order valence-corrected chi connectivity index (χ0v) is 15.8. The fourth-order valence-electron chi connectivity index (χ4n) is 2.94. The van der Waals surface area contributed by atoms with Gasteiger partial charge in [0.15, 0.2) is 23.1 Å². The second-order valence-corrected chi connectivity index (χ2v) is 6.40. The van der Waals surface area contributed by atoms with E-state index in [2.05, 4.69) is 4.98 Å². The fraction of sp³-hybridized carbons (Fsp3) is 0.0870. The molecule has 2 N–H and O–H groups in total. The lowest BCUT2D eigenvalue weighted by Crippen LogP contribution is -1.99. The van der Waals surface area contributed by atoms with Gasteiger partial charge in [-0.1, -0.05) is 30.3 Å². The first-order valence-electron chi connectivity index (χ1n) is 9.00. The number of pyridine rings is 1. The molecule has 0 amide bonds. The van der Waals surface area contributed by atoms with Crippen molar-refractivity contribution in [3.8, 4) is 23.0 Å². The molecule has 29 heavy (non-hydrogen) atoms. The van der Waals surface area contributed by atoms with Gasteiger partial charge in [-0.2, -0.15) is 0 Å². The molecule has 0 bridgehead atoms. The van der Waals surface area contributed by atoms with Crippen LogP contribution in [0, 0.1) is 5.82 Å². The minimum atomic E-state index is -0.538. The summed E-state index contributed by atoms with van der Waals surface area (Å²) in [4.78, 5) is 4.36. The molecule has 5 nitrogen and oxygen atoms in total. The Morgan fingerprint density at radius 2 is 1.72 bits per heavy atom. The highest BCUT2D eigenvalue weighted by atomic mass is 19.1. The Bertz CT molecular complexity index is 1150. The van der Waals surface area contributed by atoms with E-state index >= 15 is 0 Å². The highest BCUT2D eigenvalue weighted by Gasteiger charge is 2.14. The maximum atomic E-state index is 14.2. The molecule has 1 aromatic heterocycles. The number of nitrogen functional groups attached to an aromatic ring is 1. The number of anilines is 1. The van der Waals surface area contributed by atoms with E-state index < -0.39 is 5.82 Å².